The second-order valence-corrected chi connectivity index (χ2v) is 8.89. The highest BCUT2D eigenvalue weighted by Gasteiger charge is 2.36. The molecule has 3 aliphatic rings. The number of nitrogens with one attached hydrogen (secondary N) is 1. The minimum atomic E-state index is -3.50. The second kappa shape index (κ2) is 9.43. The van der Waals surface area contributed by atoms with Gasteiger partial charge in [0.15, 0.2) is 0 Å². The number of nitrogens with zero attached hydrogens (tertiary/aromatic N) is 3. The maximum absolute atomic E-state index is 12.8. The van der Waals surface area contributed by atoms with Gasteiger partial charge in [-0.2, -0.15) is 17.0 Å². The van der Waals surface area contributed by atoms with Crippen LogP contribution in [-0.4, -0.2) is 107 Å². The highest BCUT2D eigenvalue weighted by molar-refractivity contribution is 7.86. The van der Waals surface area contributed by atoms with Gasteiger partial charge in [0.2, 0.25) is 5.91 Å². The van der Waals surface area contributed by atoms with E-state index in [1.165, 1.54) is 8.61 Å². The van der Waals surface area contributed by atoms with Crippen molar-refractivity contribution in [3.63, 3.8) is 0 Å². The van der Waals surface area contributed by atoms with Crippen LogP contribution in [0.1, 0.15) is 12.8 Å². The zero-order valence-corrected chi connectivity index (χ0v) is 16.1. The first-order valence-corrected chi connectivity index (χ1v) is 10.9. The molecular weight excluding hydrogens is 360 g/mol. The molecule has 0 aromatic heterocycles. The number of carbonyl (C=O) groups is 1. The quantitative estimate of drug-likeness (QED) is 0.608. The Bertz CT molecular complexity index is 561. The number of hydrogen-bond donors (Lipinski definition) is 1. The maximum Gasteiger partial charge on any atom is 0.282 e. The lowest BCUT2D eigenvalue weighted by molar-refractivity contribution is -0.126. The van der Waals surface area contributed by atoms with Gasteiger partial charge in [0.1, 0.15) is 0 Å². The lowest BCUT2D eigenvalue weighted by Crippen LogP contribution is -2.53. The highest BCUT2D eigenvalue weighted by atomic mass is 32.2. The smallest absolute Gasteiger partial charge is 0.282 e. The molecule has 10 heteroatoms. The van der Waals surface area contributed by atoms with Gasteiger partial charge in [0.05, 0.1) is 32.3 Å². The summed E-state index contributed by atoms with van der Waals surface area (Å²) in [5, 5.41) is 2.97. The molecule has 3 rings (SSSR count). The summed E-state index contributed by atoms with van der Waals surface area (Å²) in [4.78, 5) is 14.7. The van der Waals surface area contributed by atoms with E-state index in [4.69, 9.17) is 9.47 Å². The molecule has 0 radical (unpaired) electrons. The molecule has 0 spiro atoms. The summed E-state index contributed by atoms with van der Waals surface area (Å²) in [7, 11) is -3.50. The number of rotatable bonds is 6. The van der Waals surface area contributed by atoms with E-state index in [-0.39, 0.29) is 18.4 Å². The average molecular weight is 391 g/mol. The molecule has 3 fully saturated rings. The van der Waals surface area contributed by atoms with Crippen LogP contribution in [0.5, 0.6) is 0 Å². The molecule has 3 heterocycles. The van der Waals surface area contributed by atoms with Crippen LogP contribution in [0.3, 0.4) is 0 Å². The molecular formula is C16H30N4O5S. The molecule has 3 aliphatic heterocycles. The van der Waals surface area contributed by atoms with Gasteiger partial charge < -0.3 is 14.8 Å². The van der Waals surface area contributed by atoms with E-state index >= 15 is 0 Å². The SMILES string of the molecule is O=C(NCCN1CCOCC1)[C@H]1CCCN(S(=O)(=O)N2CCOCC2)C1. The molecule has 1 N–H and O–H groups in total. The van der Waals surface area contributed by atoms with Crippen LogP contribution in [0, 0.1) is 5.92 Å². The Balaban J connectivity index is 1.46. The number of carbonyl (C=O) groups excluding carboxylic acids is 1. The minimum Gasteiger partial charge on any atom is -0.379 e. The molecule has 0 aromatic carbocycles. The van der Waals surface area contributed by atoms with Crippen molar-refractivity contribution in [3.8, 4) is 0 Å². The molecule has 1 atom stereocenters. The third-order valence-corrected chi connectivity index (χ3v) is 7.21. The monoisotopic (exact) mass is 390 g/mol. The molecule has 0 unspecified atom stereocenters. The van der Waals surface area contributed by atoms with E-state index in [1.54, 1.807) is 0 Å². The Morgan fingerprint density at radius 3 is 2.31 bits per heavy atom. The first-order valence-electron chi connectivity index (χ1n) is 9.48. The van der Waals surface area contributed by atoms with Crippen LogP contribution in [0.15, 0.2) is 0 Å². The lowest BCUT2D eigenvalue weighted by atomic mass is 9.99. The largest absolute Gasteiger partial charge is 0.379 e. The van der Waals surface area contributed by atoms with E-state index in [9.17, 15) is 13.2 Å². The summed E-state index contributed by atoms with van der Waals surface area (Å²) < 4.78 is 39.0. The molecule has 1 amide bonds. The molecule has 0 aliphatic carbocycles. The fraction of sp³-hybridized carbons (Fsp3) is 0.938. The standard InChI is InChI=1S/C16H30N4O5S/c21-16(17-3-5-18-6-10-24-11-7-18)15-2-1-4-20(14-15)26(22,23)19-8-12-25-13-9-19/h15H,1-14H2,(H,17,21)/t15-/m0/s1. The fourth-order valence-corrected chi connectivity index (χ4v) is 5.28. The fourth-order valence-electron chi connectivity index (χ4n) is 3.61. The van der Waals surface area contributed by atoms with Crippen molar-refractivity contribution in [3.05, 3.63) is 0 Å². The van der Waals surface area contributed by atoms with Crippen LogP contribution in [0.2, 0.25) is 0 Å². The normalized spacial score (nSPS) is 27.3. The van der Waals surface area contributed by atoms with Gasteiger partial charge >= 0.3 is 0 Å². The zero-order chi connectivity index (χ0) is 18.4. The van der Waals surface area contributed by atoms with Gasteiger partial charge in [-0.25, -0.2) is 0 Å². The summed E-state index contributed by atoms with van der Waals surface area (Å²) in [6, 6.07) is 0. The van der Waals surface area contributed by atoms with Crippen LogP contribution >= 0.6 is 0 Å². The van der Waals surface area contributed by atoms with E-state index in [1.807, 2.05) is 0 Å². The third-order valence-electron chi connectivity index (χ3n) is 5.21. The number of amides is 1. The van der Waals surface area contributed by atoms with Crippen LogP contribution in [0.25, 0.3) is 0 Å². The van der Waals surface area contributed by atoms with Crippen molar-refractivity contribution < 1.29 is 22.7 Å². The Morgan fingerprint density at radius 2 is 1.62 bits per heavy atom. The van der Waals surface area contributed by atoms with Gasteiger partial charge in [-0.15, -0.1) is 0 Å². The van der Waals surface area contributed by atoms with Crippen LogP contribution < -0.4 is 5.32 Å². The van der Waals surface area contributed by atoms with Crippen molar-refractivity contribution >= 4 is 16.1 Å². The Hall–Kier alpha value is -0.780. The Labute approximate surface area is 155 Å². The predicted octanol–water partition coefficient (Wildman–Crippen LogP) is -1.28. The predicted molar refractivity (Wildman–Crippen MR) is 95.9 cm³/mol. The topological polar surface area (TPSA) is 91.4 Å². The summed E-state index contributed by atoms with van der Waals surface area (Å²) in [6.07, 6.45) is 1.45. The molecule has 0 aromatic rings. The van der Waals surface area contributed by atoms with Gasteiger partial charge in [0.25, 0.3) is 10.2 Å². The summed E-state index contributed by atoms with van der Waals surface area (Å²) >= 11 is 0. The summed E-state index contributed by atoms with van der Waals surface area (Å²) in [6.45, 7) is 7.04. The highest BCUT2D eigenvalue weighted by Crippen LogP contribution is 2.22. The Kier molecular flexibility index (Phi) is 7.24. The summed E-state index contributed by atoms with van der Waals surface area (Å²) in [5.41, 5.74) is 0. The molecule has 26 heavy (non-hydrogen) atoms. The third kappa shape index (κ3) is 5.14. The van der Waals surface area contributed by atoms with Crippen molar-refractivity contribution in [1.29, 1.82) is 0 Å². The van der Waals surface area contributed by atoms with Gasteiger partial charge in [0, 0.05) is 52.4 Å². The lowest BCUT2D eigenvalue weighted by Gasteiger charge is -2.36. The first kappa shape index (κ1) is 20.0. The van der Waals surface area contributed by atoms with Crippen molar-refractivity contribution in [2.75, 3.05) is 78.8 Å². The molecule has 9 nitrogen and oxygen atoms in total. The first-order chi connectivity index (χ1) is 12.6. The second-order valence-electron chi connectivity index (χ2n) is 6.96. The molecule has 3 saturated heterocycles. The number of piperidine rings is 1. The number of hydrogen-bond acceptors (Lipinski definition) is 6. The Morgan fingerprint density at radius 1 is 0.962 bits per heavy atom. The zero-order valence-electron chi connectivity index (χ0n) is 15.3. The van der Waals surface area contributed by atoms with E-state index < -0.39 is 10.2 Å². The van der Waals surface area contributed by atoms with Crippen LogP contribution in [0.4, 0.5) is 0 Å². The minimum absolute atomic E-state index is 0.0415. The van der Waals surface area contributed by atoms with Crippen molar-refractivity contribution in [2.24, 2.45) is 5.92 Å². The van der Waals surface area contributed by atoms with E-state index in [0.717, 1.165) is 39.3 Å². The number of ether oxygens (including phenoxy) is 2. The van der Waals surface area contributed by atoms with Gasteiger partial charge in [-0.05, 0) is 12.8 Å². The molecule has 150 valence electrons. The van der Waals surface area contributed by atoms with Gasteiger partial charge in [-0.3, -0.25) is 9.69 Å². The van der Waals surface area contributed by atoms with E-state index in [0.29, 0.717) is 45.8 Å². The van der Waals surface area contributed by atoms with Gasteiger partial charge in [-0.1, -0.05) is 0 Å². The molecule has 0 bridgehead atoms. The maximum atomic E-state index is 12.8. The van der Waals surface area contributed by atoms with Crippen LogP contribution in [-0.2, 0) is 24.5 Å². The van der Waals surface area contributed by atoms with Crippen molar-refractivity contribution in [2.45, 2.75) is 12.8 Å². The van der Waals surface area contributed by atoms with E-state index in [2.05, 4.69) is 10.2 Å². The molecule has 0 saturated carbocycles. The van der Waals surface area contributed by atoms with Crippen molar-refractivity contribution in [1.82, 2.24) is 18.8 Å². The number of morpholine rings is 2. The average Bonchev–Trinajstić information content (AvgIpc) is 2.69. The summed E-state index contributed by atoms with van der Waals surface area (Å²) in [5.74, 6) is -0.315.